The number of aryl methyl sites for hydroxylation is 1. The molecule has 1 N–H and O–H groups in total. The molecule has 26 heavy (non-hydrogen) atoms. The van der Waals surface area contributed by atoms with Gasteiger partial charge in [-0.15, -0.1) is 0 Å². The monoisotopic (exact) mass is 373 g/mol. The first-order valence-corrected chi connectivity index (χ1v) is 8.84. The van der Waals surface area contributed by atoms with Gasteiger partial charge >= 0.3 is 5.97 Å². The quantitative estimate of drug-likeness (QED) is 0.756. The van der Waals surface area contributed by atoms with E-state index in [9.17, 15) is 9.59 Å². The predicted molar refractivity (Wildman–Crippen MR) is 105 cm³/mol. The van der Waals surface area contributed by atoms with Crippen molar-refractivity contribution < 1.29 is 14.3 Å². The van der Waals surface area contributed by atoms with E-state index in [0.717, 1.165) is 11.1 Å². The maximum absolute atomic E-state index is 12.2. The highest BCUT2D eigenvalue weighted by atomic mass is 35.5. The molecule has 0 aliphatic heterocycles. The molecular formula is C21H24ClNO3. The Morgan fingerprint density at radius 2 is 1.69 bits per heavy atom. The zero-order valence-corrected chi connectivity index (χ0v) is 16.5. The molecule has 1 unspecified atom stereocenters. The van der Waals surface area contributed by atoms with Crippen LogP contribution in [0.4, 0.5) is 5.69 Å². The van der Waals surface area contributed by atoms with Crippen molar-refractivity contribution in [2.24, 2.45) is 0 Å². The molecule has 0 bridgehead atoms. The van der Waals surface area contributed by atoms with Crippen LogP contribution in [0.2, 0.25) is 5.02 Å². The molecule has 0 spiro atoms. The third-order valence-corrected chi connectivity index (χ3v) is 4.49. The van der Waals surface area contributed by atoms with E-state index in [1.54, 1.807) is 24.3 Å². The Morgan fingerprint density at radius 1 is 1.08 bits per heavy atom. The molecule has 0 saturated carbocycles. The van der Waals surface area contributed by atoms with Gasteiger partial charge in [-0.25, -0.2) is 4.79 Å². The Hall–Kier alpha value is -2.33. The SMILES string of the molecule is Cc1ccc(NC(=O)C(C)OC(=O)c2ccc(C(C)(C)C)cc2)cc1Cl. The summed E-state index contributed by atoms with van der Waals surface area (Å²) < 4.78 is 5.27. The zero-order chi connectivity index (χ0) is 19.5. The van der Waals surface area contributed by atoms with Gasteiger partial charge < -0.3 is 10.1 Å². The zero-order valence-electron chi connectivity index (χ0n) is 15.7. The summed E-state index contributed by atoms with van der Waals surface area (Å²) in [5.41, 5.74) is 3.02. The molecule has 2 aromatic rings. The Labute approximate surface area is 159 Å². The highest BCUT2D eigenvalue weighted by Gasteiger charge is 2.20. The van der Waals surface area contributed by atoms with Crippen LogP contribution in [0.25, 0.3) is 0 Å². The number of amides is 1. The van der Waals surface area contributed by atoms with Crippen molar-refractivity contribution in [2.75, 3.05) is 5.32 Å². The second kappa shape index (κ2) is 7.92. The van der Waals surface area contributed by atoms with Crippen LogP contribution in [0.15, 0.2) is 42.5 Å². The second-order valence-electron chi connectivity index (χ2n) is 7.33. The summed E-state index contributed by atoms with van der Waals surface area (Å²) in [4.78, 5) is 24.5. The molecule has 2 rings (SSSR count). The number of hydrogen-bond donors (Lipinski definition) is 1. The van der Waals surface area contributed by atoms with Gasteiger partial charge in [-0.1, -0.05) is 50.6 Å². The van der Waals surface area contributed by atoms with Crippen molar-refractivity contribution in [1.29, 1.82) is 0 Å². The van der Waals surface area contributed by atoms with Gasteiger partial charge in [-0.3, -0.25) is 4.79 Å². The van der Waals surface area contributed by atoms with E-state index in [2.05, 4.69) is 26.1 Å². The molecule has 0 heterocycles. The van der Waals surface area contributed by atoms with Crippen molar-refractivity contribution in [2.45, 2.75) is 46.1 Å². The Kier molecular flexibility index (Phi) is 6.09. The number of rotatable bonds is 4. The summed E-state index contributed by atoms with van der Waals surface area (Å²) in [6.45, 7) is 9.72. The lowest BCUT2D eigenvalue weighted by molar-refractivity contribution is -0.123. The maximum Gasteiger partial charge on any atom is 0.338 e. The van der Waals surface area contributed by atoms with Crippen LogP contribution >= 0.6 is 11.6 Å². The van der Waals surface area contributed by atoms with Crippen molar-refractivity contribution in [1.82, 2.24) is 0 Å². The molecule has 1 amide bonds. The molecular weight excluding hydrogens is 350 g/mol. The summed E-state index contributed by atoms with van der Waals surface area (Å²) in [5, 5.41) is 3.26. The number of benzene rings is 2. The van der Waals surface area contributed by atoms with Crippen molar-refractivity contribution in [3.05, 3.63) is 64.2 Å². The van der Waals surface area contributed by atoms with Gasteiger partial charge in [0.2, 0.25) is 0 Å². The number of hydrogen-bond acceptors (Lipinski definition) is 3. The van der Waals surface area contributed by atoms with E-state index in [-0.39, 0.29) is 5.41 Å². The third kappa shape index (κ3) is 5.09. The average molecular weight is 374 g/mol. The normalized spacial score (nSPS) is 12.4. The summed E-state index contributed by atoms with van der Waals surface area (Å²) in [6, 6.07) is 12.4. The van der Waals surface area contributed by atoms with E-state index in [4.69, 9.17) is 16.3 Å². The molecule has 0 radical (unpaired) electrons. The van der Waals surface area contributed by atoms with Crippen LogP contribution < -0.4 is 5.32 Å². The van der Waals surface area contributed by atoms with Gasteiger partial charge in [-0.2, -0.15) is 0 Å². The molecule has 0 fully saturated rings. The van der Waals surface area contributed by atoms with Gasteiger partial charge in [0.05, 0.1) is 5.56 Å². The smallest absolute Gasteiger partial charge is 0.338 e. The second-order valence-corrected chi connectivity index (χ2v) is 7.74. The molecule has 2 aromatic carbocycles. The minimum Gasteiger partial charge on any atom is -0.449 e. The fourth-order valence-corrected chi connectivity index (χ4v) is 2.48. The maximum atomic E-state index is 12.2. The number of esters is 1. The lowest BCUT2D eigenvalue weighted by Gasteiger charge is -2.19. The number of nitrogens with one attached hydrogen (secondary N) is 1. The van der Waals surface area contributed by atoms with E-state index in [0.29, 0.717) is 16.3 Å². The fourth-order valence-electron chi connectivity index (χ4n) is 2.30. The Balaban J connectivity index is 1.99. The summed E-state index contributed by atoms with van der Waals surface area (Å²) in [6.07, 6.45) is -0.926. The average Bonchev–Trinajstić information content (AvgIpc) is 2.57. The summed E-state index contributed by atoms with van der Waals surface area (Å²) >= 11 is 6.05. The van der Waals surface area contributed by atoms with Gasteiger partial charge in [0.25, 0.3) is 5.91 Å². The van der Waals surface area contributed by atoms with Gasteiger partial charge in [-0.05, 0) is 54.7 Å². The number of carbonyl (C=O) groups is 2. The van der Waals surface area contributed by atoms with Crippen molar-refractivity contribution in [3.63, 3.8) is 0 Å². The lowest BCUT2D eigenvalue weighted by Crippen LogP contribution is -2.30. The molecule has 138 valence electrons. The first-order valence-electron chi connectivity index (χ1n) is 8.46. The number of ether oxygens (including phenoxy) is 1. The number of anilines is 1. The largest absolute Gasteiger partial charge is 0.449 e. The predicted octanol–water partition coefficient (Wildman–Crippen LogP) is 5.13. The molecule has 0 aromatic heterocycles. The van der Waals surface area contributed by atoms with Crippen molar-refractivity contribution >= 4 is 29.2 Å². The fraction of sp³-hybridized carbons (Fsp3) is 0.333. The standard InChI is InChI=1S/C21H24ClNO3/c1-13-6-11-17(12-18(13)22)23-19(24)14(2)26-20(25)15-7-9-16(10-8-15)21(3,4)5/h6-12,14H,1-5H3,(H,23,24). The first kappa shape index (κ1) is 20.0. The minimum absolute atomic E-state index is 0.00489. The molecule has 4 nitrogen and oxygen atoms in total. The number of carbonyl (C=O) groups excluding carboxylic acids is 2. The van der Waals surface area contributed by atoms with Gasteiger partial charge in [0.1, 0.15) is 0 Å². The highest BCUT2D eigenvalue weighted by molar-refractivity contribution is 6.31. The van der Waals surface area contributed by atoms with Crippen LogP contribution in [-0.4, -0.2) is 18.0 Å². The molecule has 5 heteroatoms. The molecule has 0 saturated heterocycles. The molecule has 0 aliphatic rings. The number of halogens is 1. The van der Waals surface area contributed by atoms with E-state index in [1.807, 2.05) is 25.1 Å². The van der Waals surface area contributed by atoms with Crippen molar-refractivity contribution in [3.8, 4) is 0 Å². The van der Waals surface area contributed by atoms with Gasteiger partial charge in [0.15, 0.2) is 6.10 Å². The minimum atomic E-state index is -0.926. The Morgan fingerprint density at radius 3 is 2.23 bits per heavy atom. The highest BCUT2D eigenvalue weighted by Crippen LogP contribution is 2.23. The van der Waals surface area contributed by atoms with Gasteiger partial charge in [0, 0.05) is 10.7 Å². The van der Waals surface area contributed by atoms with Crippen LogP contribution in [0, 0.1) is 6.92 Å². The first-order chi connectivity index (χ1) is 12.1. The third-order valence-electron chi connectivity index (χ3n) is 4.08. The summed E-state index contributed by atoms with van der Waals surface area (Å²) in [5.74, 6) is -0.945. The van der Waals surface area contributed by atoms with E-state index in [1.165, 1.54) is 6.92 Å². The van der Waals surface area contributed by atoms with Crippen LogP contribution in [0.1, 0.15) is 49.2 Å². The topological polar surface area (TPSA) is 55.4 Å². The van der Waals surface area contributed by atoms with E-state index < -0.39 is 18.0 Å². The lowest BCUT2D eigenvalue weighted by atomic mass is 9.87. The van der Waals surface area contributed by atoms with E-state index >= 15 is 0 Å². The molecule has 0 aliphatic carbocycles. The Bertz CT molecular complexity index is 807. The van der Waals surface area contributed by atoms with Crippen LogP contribution in [-0.2, 0) is 14.9 Å². The van der Waals surface area contributed by atoms with Crippen LogP contribution in [0.3, 0.4) is 0 Å². The summed E-state index contributed by atoms with van der Waals surface area (Å²) in [7, 11) is 0. The molecule has 1 atom stereocenters. The van der Waals surface area contributed by atoms with Crippen LogP contribution in [0.5, 0.6) is 0 Å².